The summed E-state index contributed by atoms with van der Waals surface area (Å²) in [5.74, 6) is -0.691. The number of hydrogen-bond donors (Lipinski definition) is 1. The molecule has 2 rings (SSSR count). The molecule has 7 heteroatoms. The van der Waals surface area contributed by atoms with Crippen LogP contribution in [0.3, 0.4) is 0 Å². The van der Waals surface area contributed by atoms with E-state index in [0.717, 1.165) is 11.8 Å². The number of likely N-dealkylation sites (N-methyl/N-ethyl adjacent to an activating group) is 1. The maximum absolute atomic E-state index is 12.4. The van der Waals surface area contributed by atoms with E-state index >= 15 is 0 Å². The lowest BCUT2D eigenvalue weighted by Crippen LogP contribution is -2.39. The van der Waals surface area contributed by atoms with Gasteiger partial charge >= 0.3 is 0 Å². The fourth-order valence-corrected chi connectivity index (χ4v) is 3.08. The van der Waals surface area contributed by atoms with E-state index in [-0.39, 0.29) is 22.9 Å². The zero-order valence-corrected chi connectivity index (χ0v) is 15.6. The molecule has 0 radical (unpaired) electrons. The van der Waals surface area contributed by atoms with Crippen LogP contribution in [0.15, 0.2) is 59.5 Å². The van der Waals surface area contributed by atoms with Gasteiger partial charge in [0.15, 0.2) is 9.84 Å². The predicted molar refractivity (Wildman–Crippen MR) is 99.4 cm³/mol. The summed E-state index contributed by atoms with van der Waals surface area (Å²) in [6, 6.07) is 15.3. The average molecular weight is 374 g/mol. The molecule has 0 unspecified atom stereocenters. The van der Waals surface area contributed by atoms with E-state index in [0.29, 0.717) is 13.1 Å². The standard InChI is InChI=1S/C19H22N2O4S/c1-3-21(14-15-8-5-4-6-9-15)18(22)13-20-19(23)16-10-7-11-17(12-16)26(2,24)25/h4-12H,3,13-14H2,1-2H3,(H,20,23). The molecule has 2 amide bonds. The molecule has 0 aliphatic carbocycles. The Labute approximate surface area is 153 Å². The third kappa shape index (κ3) is 5.42. The number of carbonyl (C=O) groups is 2. The molecule has 0 saturated heterocycles. The number of amides is 2. The highest BCUT2D eigenvalue weighted by molar-refractivity contribution is 7.90. The lowest BCUT2D eigenvalue weighted by atomic mass is 10.2. The summed E-state index contributed by atoms with van der Waals surface area (Å²) in [6.07, 6.45) is 1.08. The Hall–Kier alpha value is -2.67. The van der Waals surface area contributed by atoms with Crippen molar-refractivity contribution in [1.29, 1.82) is 0 Å². The number of hydrogen-bond acceptors (Lipinski definition) is 4. The number of rotatable bonds is 7. The van der Waals surface area contributed by atoms with Gasteiger partial charge in [-0.05, 0) is 30.7 Å². The first-order chi connectivity index (χ1) is 12.3. The zero-order chi connectivity index (χ0) is 19.2. The lowest BCUT2D eigenvalue weighted by Gasteiger charge is -2.21. The second-order valence-corrected chi connectivity index (χ2v) is 7.89. The first-order valence-electron chi connectivity index (χ1n) is 8.21. The van der Waals surface area contributed by atoms with Gasteiger partial charge in [0.1, 0.15) is 0 Å². The van der Waals surface area contributed by atoms with Gasteiger partial charge in [-0.25, -0.2) is 8.42 Å². The molecule has 0 aromatic heterocycles. The van der Waals surface area contributed by atoms with Crippen LogP contribution < -0.4 is 5.32 Å². The molecule has 0 heterocycles. The summed E-state index contributed by atoms with van der Waals surface area (Å²) in [7, 11) is -3.40. The molecule has 0 saturated carbocycles. The largest absolute Gasteiger partial charge is 0.343 e. The maximum atomic E-state index is 12.4. The molecular weight excluding hydrogens is 352 g/mol. The van der Waals surface area contributed by atoms with Crippen molar-refractivity contribution in [3.63, 3.8) is 0 Å². The van der Waals surface area contributed by atoms with E-state index in [1.54, 1.807) is 4.90 Å². The van der Waals surface area contributed by atoms with Gasteiger partial charge in [0.2, 0.25) is 5.91 Å². The van der Waals surface area contributed by atoms with Crippen molar-refractivity contribution in [2.75, 3.05) is 19.3 Å². The van der Waals surface area contributed by atoms with E-state index < -0.39 is 15.7 Å². The number of nitrogens with one attached hydrogen (secondary N) is 1. The van der Waals surface area contributed by atoms with Crippen molar-refractivity contribution in [3.8, 4) is 0 Å². The molecule has 0 fully saturated rings. The van der Waals surface area contributed by atoms with Gasteiger partial charge in [0, 0.05) is 24.9 Å². The Kier molecular flexibility index (Phi) is 6.52. The summed E-state index contributed by atoms with van der Waals surface area (Å²) >= 11 is 0. The molecule has 0 aliphatic rings. The quantitative estimate of drug-likeness (QED) is 0.802. The number of benzene rings is 2. The Morgan fingerprint density at radius 2 is 1.73 bits per heavy atom. The first kappa shape index (κ1) is 19.7. The van der Waals surface area contributed by atoms with E-state index in [2.05, 4.69) is 5.32 Å². The van der Waals surface area contributed by atoms with Crippen LogP contribution >= 0.6 is 0 Å². The summed E-state index contributed by atoms with van der Waals surface area (Å²) < 4.78 is 23.2. The molecule has 0 bridgehead atoms. The summed E-state index contributed by atoms with van der Waals surface area (Å²) in [4.78, 5) is 26.3. The Morgan fingerprint density at radius 1 is 1.04 bits per heavy atom. The van der Waals surface area contributed by atoms with Crippen LogP contribution in [0.25, 0.3) is 0 Å². The van der Waals surface area contributed by atoms with Crippen LogP contribution in [0.4, 0.5) is 0 Å². The molecule has 0 atom stereocenters. The number of sulfone groups is 1. The van der Waals surface area contributed by atoms with E-state index in [4.69, 9.17) is 0 Å². The van der Waals surface area contributed by atoms with E-state index in [9.17, 15) is 18.0 Å². The molecular formula is C19H22N2O4S. The van der Waals surface area contributed by atoms with Crippen LogP contribution in [-0.2, 0) is 21.2 Å². The van der Waals surface area contributed by atoms with Gasteiger partial charge < -0.3 is 10.2 Å². The second-order valence-electron chi connectivity index (χ2n) is 5.88. The minimum atomic E-state index is -3.40. The molecule has 0 spiro atoms. The lowest BCUT2D eigenvalue weighted by molar-refractivity contribution is -0.130. The van der Waals surface area contributed by atoms with Gasteiger partial charge in [0.05, 0.1) is 11.4 Å². The topological polar surface area (TPSA) is 83.6 Å². The monoisotopic (exact) mass is 374 g/mol. The van der Waals surface area contributed by atoms with Gasteiger partial charge in [-0.2, -0.15) is 0 Å². The fourth-order valence-electron chi connectivity index (χ4n) is 2.42. The second kappa shape index (κ2) is 8.62. The normalized spacial score (nSPS) is 11.0. The van der Waals surface area contributed by atoms with Gasteiger partial charge in [-0.1, -0.05) is 36.4 Å². The molecule has 2 aromatic rings. The third-order valence-electron chi connectivity index (χ3n) is 3.88. The van der Waals surface area contributed by atoms with Gasteiger partial charge in [0.25, 0.3) is 5.91 Å². The third-order valence-corrected chi connectivity index (χ3v) is 4.99. The molecule has 2 aromatic carbocycles. The van der Waals surface area contributed by atoms with Crippen LogP contribution in [0.2, 0.25) is 0 Å². The molecule has 1 N–H and O–H groups in total. The van der Waals surface area contributed by atoms with Crippen molar-refractivity contribution >= 4 is 21.7 Å². The number of carbonyl (C=O) groups excluding carboxylic acids is 2. The van der Waals surface area contributed by atoms with Crippen LogP contribution in [0, 0.1) is 0 Å². The van der Waals surface area contributed by atoms with Crippen molar-refractivity contribution in [1.82, 2.24) is 10.2 Å². The molecule has 138 valence electrons. The van der Waals surface area contributed by atoms with Crippen LogP contribution in [-0.4, -0.2) is 44.5 Å². The highest BCUT2D eigenvalue weighted by atomic mass is 32.2. The Morgan fingerprint density at radius 3 is 2.35 bits per heavy atom. The van der Waals surface area contributed by atoms with Crippen LogP contribution in [0.5, 0.6) is 0 Å². The van der Waals surface area contributed by atoms with Gasteiger partial charge in [-0.15, -0.1) is 0 Å². The number of nitrogens with zero attached hydrogens (tertiary/aromatic N) is 1. The minimum Gasteiger partial charge on any atom is -0.343 e. The average Bonchev–Trinajstić information content (AvgIpc) is 2.64. The molecule has 26 heavy (non-hydrogen) atoms. The Balaban J connectivity index is 1.98. The summed E-state index contributed by atoms with van der Waals surface area (Å²) in [6.45, 7) is 2.71. The van der Waals surface area contributed by atoms with Crippen molar-refractivity contribution < 1.29 is 18.0 Å². The van der Waals surface area contributed by atoms with Crippen molar-refractivity contribution in [2.24, 2.45) is 0 Å². The SMILES string of the molecule is CCN(Cc1ccccc1)C(=O)CNC(=O)c1cccc(S(C)(=O)=O)c1. The van der Waals surface area contributed by atoms with Crippen molar-refractivity contribution in [3.05, 3.63) is 65.7 Å². The van der Waals surface area contributed by atoms with E-state index in [1.807, 2.05) is 37.3 Å². The smallest absolute Gasteiger partial charge is 0.251 e. The summed E-state index contributed by atoms with van der Waals surface area (Å²) in [5.41, 5.74) is 1.21. The zero-order valence-electron chi connectivity index (χ0n) is 14.8. The Bertz CT molecular complexity index is 879. The highest BCUT2D eigenvalue weighted by Gasteiger charge is 2.15. The molecule has 0 aliphatic heterocycles. The summed E-state index contributed by atoms with van der Waals surface area (Å²) in [5, 5.41) is 2.55. The van der Waals surface area contributed by atoms with Crippen molar-refractivity contribution in [2.45, 2.75) is 18.4 Å². The first-order valence-corrected chi connectivity index (χ1v) is 10.1. The molecule has 6 nitrogen and oxygen atoms in total. The van der Waals surface area contributed by atoms with Crippen LogP contribution in [0.1, 0.15) is 22.8 Å². The van der Waals surface area contributed by atoms with Gasteiger partial charge in [-0.3, -0.25) is 9.59 Å². The fraction of sp³-hybridized carbons (Fsp3) is 0.263. The highest BCUT2D eigenvalue weighted by Crippen LogP contribution is 2.11. The maximum Gasteiger partial charge on any atom is 0.251 e. The predicted octanol–water partition coefficient (Wildman–Crippen LogP) is 1.87. The van der Waals surface area contributed by atoms with E-state index in [1.165, 1.54) is 24.3 Å². The minimum absolute atomic E-state index is 0.0655.